The largest absolute Gasteiger partial charge is 0.477 e. The van der Waals surface area contributed by atoms with Crippen LogP contribution in [0.5, 0.6) is 0 Å². The molecule has 6 heteroatoms. The SMILES string of the molecule is C=CCNC(=O)Cn1c(C(=O)O)cnc1C. The number of nitrogens with zero attached hydrogens (tertiary/aromatic N) is 2. The van der Waals surface area contributed by atoms with Gasteiger partial charge in [-0.25, -0.2) is 9.78 Å². The number of hydrogen-bond acceptors (Lipinski definition) is 3. The Morgan fingerprint density at radius 1 is 1.69 bits per heavy atom. The zero-order valence-electron chi connectivity index (χ0n) is 8.93. The van der Waals surface area contributed by atoms with Crippen molar-refractivity contribution in [1.29, 1.82) is 0 Å². The second-order valence-electron chi connectivity index (χ2n) is 3.17. The van der Waals surface area contributed by atoms with Crippen LogP contribution in [0.25, 0.3) is 0 Å². The molecule has 0 radical (unpaired) electrons. The molecule has 1 aromatic rings. The molecule has 1 aromatic heterocycles. The van der Waals surface area contributed by atoms with Crippen molar-refractivity contribution in [2.75, 3.05) is 6.54 Å². The van der Waals surface area contributed by atoms with Crippen LogP contribution >= 0.6 is 0 Å². The molecule has 0 aliphatic rings. The van der Waals surface area contributed by atoms with Crippen molar-refractivity contribution in [2.24, 2.45) is 0 Å². The molecule has 0 atom stereocenters. The van der Waals surface area contributed by atoms with Gasteiger partial charge in [0.05, 0.1) is 6.20 Å². The van der Waals surface area contributed by atoms with Gasteiger partial charge in [0.15, 0.2) is 0 Å². The Hall–Kier alpha value is -2.11. The summed E-state index contributed by atoms with van der Waals surface area (Å²) in [5.41, 5.74) is 0.00579. The normalized spacial score (nSPS) is 9.81. The number of aromatic carboxylic acids is 1. The monoisotopic (exact) mass is 223 g/mol. The zero-order chi connectivity index (χ0) is 12.1. The fourth-order valence-corrected chi connectivity index (χ4v) is 1.22. The number of aromatic nitrogens is 2. The smallest absolute Gasteiger partial charge is 0.354 e. The number of nitrogens with one attached hydrogen (secondary N) is 1. The van der Waals surface area contributed by atoms with Crippen LogP contribution in [-0.4, -0.2) is 33.1 Å². The van der Waals surface area contributed by atoms with E-state index < -0.39 is 5.97 Å². The lowest BCUT2D eigenvalue weighted by atomic mass is 10.4. The van der Waals surface area contributed by atoms with Crippen LogP contribution in [0.1, 0.15) is 16.3 Å². The van der Waals surface area contributed by atoms with Crippen molar-refractivity contribution in [2.45, 2.75) is 13.5 Å². The number of carbonyl (C=O) groups is 2. The van der Waals surface area contributed by atoms with E-state index in [0.717, 1.165) is 0 Å². The Morgan fingerprint density at radius 3 is 2.94 bits per heavy atom. The van der Waals surface area contributed by atoms with Crippen molar-refractivity contribution in [3.05, 3.63) is 30.4 Å². The van der Waals surface area contributed by atoms with Gasteiger partial charge in [0.2, 0.25) is 5.91 Å². The molecule has 86 valence electrons. The Balaban J connectivity index is 2.79. The first-order valence-electron chi connectivity index (χ1n) is 4.69. The van der Waals surface area contributed by atoms with Gasteiger partial charge < -0.3 is 15.0 Å². The zero-order valence-corrected chi connectivity index (χ0v) is 8.93. The van der Waals surface area contributed by atoms with Gasteiger partial charge in [0.1, 0.15) is 18.1 Å². The topological polar surface area (TPSA) is 84.2 Å². The molecule has 0 saturated carbocycles. The van der Waals surface area contributed by atoms with E-state index in [4.69, 9.17) is 5.11 Å². The average molecular weight is 223 g/mol. The Labute approximate surface area is 92.6 Å². The number of carbonyl (C=O) groups excluding carboxylic acids is 1. The summed E-state index contributed by atoms with van der Waals surface area (Å²) in [5, 5.41) is 11.4. The molecule has 0 saturated heterocycles. The number of carboxylic acid groups (broad SMARTS) is 1. The van der Waals surface area contributed by atoms with Crippen molar-refractivity contribution in [3.63, 3.8) is 0 Å². The van der Waals surface area contributed by atoms with Gasteiger partial charge in [-0.1, -0.05) is 6.08 Å². The maximum Gasteiger partial charge on any atom is 0.354 e. The van der Waals surface area contributed by atoms with Crippen molar-refractivity contribution in [3.8, 4) is 0 Å². The molecule has 2 N–H and O–H groups in total. The van der Waals surface area contributed by atoms with Gasteiger partial charge in [0.25, 0.3) is 0 Å². The first kappa shape index (κ1) is 12.0. The molecule has 1 amide bonds. The van der Waals surface area contributed by atoms with E-state index in [0.29, 0.717) is 12.4 Å². The van der Waals surface area contributed by atoms with E-state index in [-0.39, 0.29) is 18.1 Å². The van der Waals surface area contributed by atoms with E-state index in [1.54, 1.807) is 13.0 Å². The van der Waals surface area contributed by atoms with Gasteiger partial charge in [0, 0.05) is 6.54 Å². The number of rotatable bonds is 5. The first-order valence-corrected chi connectivity index (χ1v) is 4.69. The van der Waals surface area contributed by atoms with E-state index >= 15 is 0 Å². The molecular formula is C10H13N3O3. The summed E-state index contributed by atoms with van der Waals surface area (Å²) >= 11 is 0. The summed E-state index contributed by atoms with van der Waals surface area (Å²) in [6.45, 7) is 5.41. The molecule has 0 spiro atoms. The van der Waals surface area contributed by atoms with Crippen LogP contribution < -0.4 is 5.32 Å². The van der Waals surface area contributed by atoms with Crippen molar-refractivity contribution >= 4 is 11.9 Å². The standard InChI is InChI=1S/C10H13N3O3/c1-3-4-11-9(14)6-13-7(2)12-5-8(13)10(15)16/h3,5H,1,4,6H2,2H3,(H,11,14)(H,15,16). The number of amides is 1. The number of hydrogen-bond donors (Lipinski definition) is 2. The minimum absolute atomic E-state index is 0.00579. The van der Waals surface area contributed by atoms with Crippen LogP contribution in [0.2, 0.25) is 0 Å². The van der Waals surface area contributed by atoms with Crippen LogP contribution in [0.15, 0.2) is 18.9 Å². The van der Waals surface area contributed by atoms with Gasteiger partial charge in [-0.2, -0.15) is 0 Å². The number of carboxylic acids is 1. The molecule has 0 aliphatic carbocycles. The lowest BCUT2D eigenvalue weighted by molar-refractivity contribution is -0.121. The van der Waals surface area contributed by atoms with Gasteiger partial charge in [-0.15, -0.1) is 6.58 Å². The van der Waals surface area contributed by atoms with E-state index in [1.807, 2.05) is 0 Å². The Morgan fingerprint density at radius 2 is 2.38 bits per heavy atom. The summed E-state index contributed by atoms with van der Waals surface area (Å²) in [4.78, 5) is 26.1. The summed E-state index contributed by atoms with van der Waals surface area (Å²) in [7, 11) is 0. The van der Waals surface area contributed by atoms with Crippen LogP contribution in [0.3, 0.4) is 0 Å². The van der Waals surface area contributed by atoms with Gasteiger partial charge >= 0.3 is 5.97 Å². The van der Waals surface area contributed by atoms with Crippen LogP contribution in [0.4, 0.5) is 0 Å². The predicted molar refractivity (Wildman–Crippen MR) is 57.1 cm³/mol. The molecular weight excluding hydrogens is 210 g/mol. The predicted octanol–water partition coefficient (Wildman–Crippen LogP) is 0.192. The molecule has 0 unspecified atom stereocenters. The fourth-order valence-electron chi connectivity index (χ4n) is 1.22. The third-order valence-electron chi connectivity index (χ3n) is 2.02. The molecule has 1 rings (SSSR count). The molecule has 1 heterocycles. The lowest BCUT2D eigenvalue weighted by Crippen LogP contribution is -2.29. The number of aryl methyl sites for hydroxylation is 1. The maximum atomic E-state index is 11.4. The van der Waals surface area contributed by atoms with Crippen LogP contribution in [0, 0.1) is 6.92 Å². The summed E-state index contributed by atoms with van der Waals surface area (Å²) in [6.07, 6.45) is 2.79. The molecule has 0 fully saturated rings. The third-order valence-corrected chi connectivity index (χ3v) is 2.02. The van der Waals surface area contributed by atoms with Crippen LogP contribution in [-0.2, 0) is 11.3 Å². The third kappa shape index (κ3) is 2.69. The summed E-state index contributed by atoms with van der Waals surface area (Å²) in [6, 6.07) is 0. The average Bonchev–Trinajstić information content (AvgIpc) is 2.58. The Kier molecular flexibility index (Phi) is 3.82. The molecule has 0 aromatic carbocycles. The second-order valence-corrected chi connectivity index (χ2v) is 3.17. The van der Waals surface area contributed by atoms with Crippen molar-refractivity contribution in [1.82, 2.24) is 14.9 Å². The van der Waals surface area contributed by atoms with Gasteiger partial charge in [-0.3, -0.25) is 4.79 Å². The highest BCUT2D eigenvalue weighted by Gasteiger charge is 2.15. The summed E-state index contributed by atoms with van der Waals surface area (Å²) < 4.78 is 1.35. The minimum atomic E-state index is -1.10. The highest BCUT2D eigenvalue weighted by molar-refractivity contribution is 5.86. The van der Waals surface area contributed by atoms with E-state index in [9.17, 15) is 9.59 Å². The molecule has 0 aliphatic heterocycles. The quantitative estimate of drug-likeness (QED) is 0.698. The molecule has 0 bridgehead atoms. The molecule has 16 heavy (non-hydrogen) atoms. The minimum Gasteiger partial charge on any atom is -0.477 e. The fraction of sp³-hybridized carbons (Fsp3) is 0.300. The summed E-state index contributed by atoms with van der Waals surface area (Å²) in [5.74, 6) is -0.883. The Bertz CT molecular complexity index is 423. The highest BCUT2D eigenvalue weighted by Crippen LogP contribution is 2.04. The van der Waals surface area contributed by atoms with Crippen molar-refractivity contribution < 1.29 is 14.7 Å². The molecule has 6 nitrogen and oxygen atoms in total. The highest BCUT2D eigenvalue weighted by atomic mass is 16.4. The maximum absolute atomic E-state index is 11.4. The van der Waals surface area contributed by atoms with Gasteiger partial charge in [-0.05, 0) is 6.92 Å². The van der Waals surface area contributed by atoms with E-state index in [2.05, 4.69) is 16.9 Å². The second kappa shape index (κ2) is 5.11. The van der Waals surface area contributed by atoms with E-state index in [1.165, 1.54) is 10.8 Å². The number of imidazole rings is 1. The lowest BCUT2D eigenvalue weighted by Gasteiger charge is -2.07. The first-order chi connectivity index (χ1) is 7.56.